The first-order valence-electron chi connectivity index (χ1n) is 8.12. The van der Waals surface area contributed by atoms with E-state index >= 15 is 0 Å². The van der Waals surface area contributed by atoms with Crippen LogP contribution in [0, 0.1) is 5.92 Å². The van der Waals surface area contributed by atoms with E-state index in [1.807, 2.05) is 0 Å². The number of nitrogens with one attached hydrogen (secondary N) is 1. The first kappa shape index (κ1) is 17.7. The van der Waals surface area contributed by atoms with Gasteiger partial charge >= 0.3 is 5.97 Å². The van der Waals surface area contributed by atoms with Gasteiger partial charge in [0.15, 0.2) is 0 Å². The molecule has 0 spiro atoms. The number of benzene rings is 1. The van der Waals surface area contributed by atoms with Gasteiger partial charge in [-0.2, -0.15) is 0 Å². The van der Waals surface area contributed by atoms with Crippen LogP contribution in [0.3, 0.4) is 0 Å². The predicted octanol–water partition coefficient (Wildman–Crippen LogP) is 3.08. The van der Waals surface area contributed by atoms with Crippen molar-refractivity contribution in [2.75, 3.05) is 13.7 Å². The number of hydrogen-bond donors (Lipinski definition) is 1. The first-order valence-corrected chi connectivity index (χ1v) is 8.91. The highest BCUT2D eigenvalue weighted by Gasteiger charge is 2.31. The number of nitrogens with zero attached hydrogens (tertiary/aromatic N) is 1. The van der Waals surface area contributed by atoms with Crippen molar-refractivity contribution in [3.05, 3.63) is 34.4 Å². The van der Waals surface area contributed by atoms with E-state index in [4.69, 9.17) is 9.47 Å². The molecular formula is C18H19BrN2O4. The fourth-order valence-corrected chi connectivity index (χ4v) is 3.51. The molecule has 0 unspecified atom stereocenters. The molecule has 0 aliphatic carbocycles. The summed E-state index contributed by atoms with van der Waals surface area (Å²) in [5.41, 5.74) is 0.460. The molecule has 2 atom stereocenters. The third kappa shape index (κ3) is 3.61. The van der Waals surface area contributed by atoms with E-state index in [1.165, 1.54) is 7.11 Å². The number of halogens is 1. The SMILES string of the molecule is CC[C@@H]1CC(=O)N[C@@H]1COc1ncc(Br)c2cc(C(=O)OC)ccc12. The van der Waals surface area contributed by atoms with E-state index in [2.05, 4.69) is 33.2 Å². The Morgan fingerprint density at radius 2 is 2.20 bits per heavy atom. The van der Waals surface area contributed by atoms with Gasteiger partial charge in [-0.25, -0.2) is 9.78 Å². The maximum atomic E-state index is 11.7. The second kappa shape index (κ2) is 7.39. The molecule has 2 aromatic rings. The van der Waals surface area contributed by atoms with Crippen LogP contribution in [0.1, 0.15) is 30.1 Å². The molecule has 0 radical (unpaired) electrons. The van der Waals surface area contributed by atoms with E-state index in [0.717, 1.165) is 21.7 Å². The molecule has 3 rings (SSSR count). The summed E-state index contributed by atoms with van der Waals surface area (Å²) in [4.78, 5) is 27.7. The maximum absolute atomic E-state index is 11.7. The summed E-state index contributed by atoms with van der Waals surface area (Å²) in [7, 11) is 1.35. The quantitative estimate of drug-likeness (QED) is 0.771. The summed E-state index contributed by atoms with van der Waals surface area (Å²) in [6.45, 7) is 2.44. The van der Waals surface area contributed by atoms with E-state index in [1.54, 1.807) is 24.4 Å². The Morgan fingerprint density at radius 1 is 1.40 bits per heavy atom. The van der Waals surface area contributed by atoms with Gasteiger partial charge < -0.3 is 14.8 Å². The van der Waals surface area contributed by atoms with Crippen molar-refractivity contribution < 1.29 is 19.1 Å². The number of amides is 1. The molecule has 1 N–H and O–H groups in total. The molecule has 132 valence electrons. The third-order valence-corrected chi connectivity index (χ3v) is 5.14. The number of pyridine rings is 1. The molecular weight excluding hydrogens is 388 g/mol. The molecule has 1 amide bonds. The number of aromatic nitrogens is 1. The average Bonchev–Trinajstić information content (AvgIpc) is 3.00. The van der Waals surface area contributed by atoms with Crippen molar-refractivity contribution in [3.63, 3.8) is 0 Å². The highest BCUT2D eigenvalue weighted by Crippen LogP contribution is 2.31. The lowest BCUT2D eigenvalue weighted by Crippen LogP contribution is -2.34. The highest BCUT2D eigenvalue weighted by molar-refractivity contribution is 9.10. The van der Waals surface area contributed by atoms with Gasteiger partial charge in [0.2, 0.25) is 11.8 Å². The number of carbonyl (C=O) groups is 2. The van der Waals surface area contributed by atoms with E-state index in [0.29, 0.717) is 24.5 Å². The molecule has 0 bridgehead atoms. The molecule has 2 heterocycles. The molecule has 1 aromatic carbocycles. The van der Waals surface area contributed by atoms with E-state index < -0.39 is 5.97 Å². The van der Waals surface area contributed by atoms with Gasteiger partial charge in [0.25, 0.3) is 0 Å². The predicted molar refractivity (Wildman–Crippen MR) is 96.6 cm³/mol. The average molecular weight is 407 g/mol. The molecule has 0 saturated carbocycles. The van der Waals surface area contributed by atoms with Crippen LogP contribution in [-0.2, 0) is 9.53 Å². The van der Waals surface area contributed by atoms with Crippen molar-refractivity contribution in [3.8, 4) is 5.88 Å². The van der Waals surface area contributed by atoms with Crippen molar-refractivity contribution in [1.82, 2.24) is 10.3 Å². The number of carbonyl (C=O) groups excluding carboxylic acids is 2. The monoisotopic (exact) mass is 406 g/mol. The van der Waals surface area contributed by atoms with Crippen LogP contribution >= 0.6 is 15.9 Å². The summed E-state index contributed by atoms with van der Waals surface area (Å²) >= 11 is 3.46. The zero-order valence-corrected chi connectivity index (χ0v) is 15.6. The van der Waals surface area contributed by atoms with Gasteiger partial charge in [0.05, 0.1) is 18.7 Å². The fraction of sp³-hybridized carbons (Fsp3) is 0.389. The molecule has 25 heavy (non-hydrogen) atoms. The van der Waals surface area contributed by atoms with E-state index in [-0.39, 0.29) is 17.9 Å². The fourth-order valence-electron chi connectivity index (χ4n) is 3.08. The molecule has 6 nitrogen and oxygen atoms in total. The Hall–Kier alpha value is -2.15. The van der Waals surface area contributed by atoms with Crippen LogP contribution < -0.4 is 10.1 Å². The molecule has 1 aromatic heterocycles. The molecule has 7 heteroatoms. The van der Waals surface area contributed by atoms with Gasteiger partial charge in [-0.05, 0) is 40.0 Å². The lowest BCUT2D eigenvalue weighted by atomic mass is 9.98. The number of esters is 1. The van der Waals surface area contributed by atoms with Gasteiger partial charge in [0, 0.05) is 27.9 Å². The van der Waals surface area contributed by atoms with Crippen LogP contribution in [0.5, 0.6) is 5.88 Å². The zero-order chi connectivity index (χ0) is 18.0. The summed E-state index contributed by atoms with van der Waals surface area (Å²) in [6.07, 6.45) is 3.11. The van der Waals surface area contributed by atoms with Crippen LogP contribution in [0.15, 0.2) is 28.9 Å². The largest absolute Gasteiger partial charge is 0.475 e. The summed E-state index contributed by atoms with van der Waals surface area (Å²) < 4.78 is 11.4. The molecule has 1 aliphatic rings. The lowest BCUT2D eigenvalue weighted by molar-refractivity contribution is -0.119. The molecule has 1 fully saturated rings. The standard InChI is InChI=1S/C18H19BrN2O4/c1-3-10-7-16(22)21-15(10)9-25-17-12-5-4-11(18(23)24-2)6-13(12)14(19)8-20-17/h4-6,8,10,15H,3,7,9H2,1-2H3,(H,21,22)/t10-,15-/m1/s1. The number of rotatable bonds is 5. The summed E-state index contributed by atoms with van der Waals surface area (Å²) in [5, 5.41) is 4.56. The molecule has 1 aliphatic heterocycles. The van der Waals surface area contributed by atoms with Gasteiger partial charge in [-0.3, -0.25) is 4.79 Å². The Bertz CT molecular complexity index is 824. The molecule has 1 saturated heterocycles. The third-order valence-electron chi connectivity index (χ3n) is 4.51. The summed E-state index contributed by atoms with van der Waals surface area (Å²) in [5.74, 6) is 0.426. The van der Waals surface area contributed by atoms with Gasteiger partial charge in [0.1, 0.15) is 6.61 Å². The maximum Gasteiger partial charge on any atom is 0.337 e. The number of ether oxygens (including phenoxy) is 2. The highest BCUT2D eigenvalue weighted by atomic mass is 79.9. The van der Waals surface area contributed by atoms with Crippen LogP contribution in [0.2, 0.25) is 0 Å². The number of hydrogen-bond acceptors (Lipinski definition) is 5. The Kier molecular flexibility index (Phi) is 5.22. The van der Waals surface area contributed by atoms with Crippen LogP contribution in [0.4, 0.5) is 0 Å². The van der Waals surface area contributed by atoms with Crippen LogP contribution in [-0.4, -0.2) is 36.6 Å². The number of methoxy groups -OCH3 is 1. The van der Waals surface area contributed by atoms with Crippen molar-refractivity contribution in [2.45, 2.75) is 25.8 Å². The summed E-state index contributed by atoms with van der Waals surface area (Å²) in [6, 6.07) is 5.21. The second-order valence-corrected chi connectivity index (χ2v) is 6.88. The van der Waals surface area contributed by atoms with Crippen molar-refractivity contribution >= 4 is 38.6 Å². The normalized spacial score (nSPS) is 19.7. The topological polar surface area (TPSA) is 77.5 Å². The van der Waals surface area contributed by atoms with Gasteiger partial charge in [-0.15, -0.1) is 0 Å². The van der Waals surface area contributed by atoms with Gasteiger partial charge in [-0.1, -0.05) is 13.3 Å². The Balaban J connectivity index is 1.86. The lowest BCUT2D eigenvalue weighted by Gasteiger charge is -2.18. The Labute approximate surface area is 154 Å². The van der Waals surface area contributed by atoms with Crippen molar-refractivity contribution in [2.24, 2.45) is 5.92 Å². The van der Waals surface area contributed by atoms with Crippen LogP contribution in [0.25, 0.3) is 10.8 Å². The van der Waals surface area contributed by atoms with E-state index in [9.17, 15) is 9.59 Å². The van der Waals surface area contributed by atoms with Crippen molar-refractivity contribution in [1.29, 1.82) is 0 Å². The Morgan fingerprint density at radius 3 is 2.92 bits per heavy atom. The number of fused-ring (bicyclic) bond motifs is 1. The minimum absolute atomic E-state index is 0.00709. The second-order valence-electron chi connectivity index (χ2n) is 6.02. The zero-order valence-electron chi connectivity index (χ0n) is 14.0. The smallest absolute Gasteiger partial charge is 0.337 e. The minimum atomic E-state index is -0.396. The minimum Gasteiger partial charge on any atom is -0.475 e. The first-order chi connectivity index (χ1) is 12.0.